The number of sulfonamides is 1. The second-order valence-electron chi connectivity index (χ2n) is 4.91. The van der Waals surface area contributed by atoms with E-state index in [1.807, 2.05) is 6.92 Å². The molecule has 0 saturated carbocycles. The molecule has 0 bridgehead atoms. The minimum atomic E-state index is -3.65. The zero-order valence-corrected chi connectivity index (χ0v) is 14.3. The highest BCUT2D eigenvalue weighted by molar-refractivity contribution is 7.89. The summed E-state index contributed by atoms with van der Waals surface area (Å²) in [7, 11) is 0.641. The first-order valence-electron chi connectivity index (χ1n) is 7.06. The molecule has 0 atom stereocenters. The van der Waals surface area contributed by atoms with Crippen molar-refractivity contribution in [1.82, 2.24) is 4.31 Å². The van der Waals surface area contributed by atoms with Crippen LogP contribution in [0.25, 0.3) is 0 Å². The van der Waals surface area contributed by atoms with Crippen molar-refractivity contribution in [2.75, 3.05) is 27.8 Å². The molecule has 0 saturated heterocycles. The normalized spacial score (nSPS) is 11.5. The van der Waals surface area contributed by atoms with Crippen molar-refractivity contribution >= 4 is 16.0 Å². The number of esters is 1. The van der Waals surface area contributed by atoms with E-state index in [4.69, 9.17) is 4.74 Å². The van der Waals surface area contributed by atoms with Crippen LogP contribution in [0, 0.1) is 0 Å². The lowest BCUT2D eigenvalue weighted by molar-refractivity contribution is -0.139. The van der Waals surface area contributed by atoms with Gasteiger partial charge in [0.2, 0.25) is 10.0 Å². The Hall–Kier alpha value is -1.60. The van der Waals surface area contributed by atoms with Crippen LogP contribution in [0.1, 0.15) is 25.3 Å². The van der Waals surface area contributed by atoms with Gasteiger partial charge in [-0.15, -0.1) is 0 Å². The lowest BCUT2D eigenvalue weighted by atomic mass is 10.1. The summed E-state index contributed by atoms with van der Waals surface area (Å²) < 4.78 is 36.4. The van der Waals surface area contributed by atoms with Crippen molar-refractivity contribution in [3.63, 3.8) is 0 Å². The Balaban J connectivity index is 3.23. The molecule has 1 aromatic rings. The third-order valence-corrected chi connectivity index (χ3v) is 5.30. The number of benzene rings is 1. The fraction of sp³-hybridized carbons (Fsp3) is 0.533. The van der Waals surface area contributed by atoms with E-state index in [1.54, 1.807) is 12.1 Å². The van der Waals surface area contributed by atoms with Gasteiger partial charge < -0.3 is 9.47 Å². The van der Waals surface area contributed by atoms with Crippen LogP contribution in [0.4, 0.5) is 0 Å². The molecule has 6 nitrogen and oxygen atoms in total. The summed E-state index contributed by atoms with van der Waals surface area (Å²) in [6, 6.07) is 4.59. The zero-order chi connectivity index (χ0) is 16.8. The average Bonchev–Trinajstić information content (AvgIpc) is 2.51. The number of hydrogen-bond acceptors (Lipinski definition) is 5. The van der Waals surface area contributed by atoms with Crippen molar-refractivity contribution in [2.45, 2.75) is 31.1 Å². The van der Waals surface area contributed by atoms with Gasteiger partial charge in [0, 0.05) is 13.6 Å². The molecular formula is C15H23NO5S. The van der Waals surface area contributed by atoms with Gasteiger partial charge in [0.05, 0.1) is 25.5 Å². The predicted molar refractivity (Wildman–Crippen MR) is 83.4 cm³/mol. The van der Waals surface area contributed by atoms with Crippen LogP contribution >= 0.6 is 0 Å². The first-order valence-corrected chi connectivity index (χ1v) is 8.50. The number of methoxy groups -OCH3 is 2. The highest BCUT2D eigenvalue weighted by atomic mass is 32.2. The van der Waals surface area contributed by atoms with Gasteiger partial charge in [-0.25, -0.2) is 12.7 Å². The van der Waals surface area contributed by atoms with Crippen LogP contribution < -0.4 is 4.74 Å². The molecule has 1 rings (SSSR count). The maximum Gasteiger partial charge on any atom is 0.310 e. The number of nitrogens with zero attached hydrogens (tertiary/aromatic N) is 1. The Bertz CT molecular complexity index is 612. The molecule has 0 spiro atoms. The van der Waals surface area contributed by atoms with Crippen molar-refractivity contribution in [1.29, 1.82) is 0 Å². The lowest BCUT2D eigenvalue weighted by Gasteiger charge is -2.19. The quantitative estimate of drug-likeness (QED) is 0.680. The van der Waals surface area contributed by atoms with Crippen molar-refractivity contribution < 1.29 is 22.7 Å². The predicted octanol–water partition coefficient (Wildman–Crippen LogP) is 1.83. The smallest absolute Gasteiger partial charge is 0.310 e. The summed E-state index contributed by atoms with van der Waals surface area (Å²) in [6.45, 7) is 2.43. The molecular weight excluding hydrogens is 306 g/mol. The fourth-order valence-corrected chi connectivity index (χ4v) is 3.38. The second-order valence-corrected chi connectivity index (χ2v) is 6.92. The number of hydrogen-bond donors (Lipinski definition) is 0. The highest BCUT2D eigenvalue weighted by Gasteiger charge is 2.25. The Kier molecular flexibility index (Phi) is 6.83. The van der Waals surface area contributed by atoms with Gasteiger partial charge >= 0.3 is 5.97 Å². The molecule has 22 heavy (non-hydrogen) atoms. The number of carbonyl (C=O) groups excluding carboxylic acids is 1. The molecule has 124 valence electrons. The summed E-state index contributed by atoms with van der Waals surface area (Å²) in [5.41, 5.74) is 0.370. The molecule has 7 heteroatoms. The van der Waals surface area contributed by atoms with E-state index in [2.05, 4.69) is 4.74 Å². The first-order chi connectivity index (χ1) is 10.4. The number of unbranched alkanes of at least 4 members (excludes halogenated alkanes) is 1. The van der Waals surface area contributed by atoms with E-state index in [0.29, 0.717) is 17.9 Å². The second kappa shape index (κ2) is 8.14. The molecule has 0 fully saturated rings. The van der Waals surface area contributed by atoms with E-state index < -0.39 is 16.0 Å². The molecule has 0 N–H and O–H groups in total. The Labute approximate surface area is 132 Å². The van der Waals surface area contributed by atoms with Crippen molar-refractivity contribution in [3.05, 3.63) is 23.8 Å². The number of ether oxygens (including phenoxy) is 2. The fourth-order valence-electron chi connectivity index (χ4n) is 1.97. The first kappa shape index (κ1) is 18.4. The largest absolute Gasteiger partial charge is 0.497 e. The monoisotopic (exact) mass is 329 g/mol. The molecule has 0 aliphatic rings. The van der Waals surface area contributed by atoms with Crippen molar-refractivity contribution in [2.24, 2.45) is 0 Å². The summed E-state index contributed by atoms with van der Waals surface area (Å²) in [6.07, 6.45) is 1.56. The Morgan fingerprint density at radius 1 is 1.27 bits per heavy atom. The van der Waals surface area contributed by atoms with Crippen LogP contribution in [-0.2, 0) is 26.0 Å². The molecule has 0 amide bonds. The van der Waals surface area contributed by atoms with E-state index in [1.165, 1.54) is 31.6 Å². The third kappa shape index (κ3) is 4.45. The van der Waals surface area contributed by atoms with Crippen LogP contribution in [-0.4, -0.2) is 46.5 Å². The van der Waals surface area contributed by atoms with E-state index in [-0.39, 0.29) is 11.3 Å². The van der Waals surface area contributed by atoms with Gasteiger partial charge in [-0.1, -0.05) is 13.3 Å². The Morgan fingerprint density at radius 3 is 2.50 bits per heavy atom. The van der Waals surface area contributed by atoms with E-state index in [9.17, 15) is 13.2 Å². The average molecular weight is 329 g/mol. The molecule has 0 radical (unpaired) electrons. The SMILES string of the molecule is CCCCN(C)S(=O)(=O)c1ccc(OC)cc1CC(=O)OC. The molecule has 0 aromatic heterocycles. The molecule has 0 aliphatic carbocycles. The highest BCUT2D eigenvalue weighted by Crippen LogP contribution is 2.25. The van der Waals surface area contributed by atoms with Crippen LogP contribution in [0.5, 0.6) is 5.75 Å². The maximum atomic E-state index is 12.7. The molecule has 0 unspecified atom stereocenters. The number of carbonyl (C=O) groups is 1. The van der Waals surface area contributed by atoms with Gasteiger partial charge in [-0.2, -0.15) is 0 Å². The van der Waals surface area contributed by atoms with Gasteiger partial charge in [-0.05, 0) is 30.2 Å². The van der Waals surface area contributed by atoms with Crippen LogP contribution in [0.15, 0.2) is 23.1 Å². The summed E-state index contributed by atoms with van der Waals surface area (Å²) >= 11 is 0. The Morgan fingerprint density at radius 2 is 1.95 bits per heavy atom. The standard InChI is InChI=1S/C15H23NO5S/c1-5-6-9-16(2)22(18,19)14-8-7-13(20-3)10-12(14)11-15(17)21-4/h7-8,10H,5-6,9,11H2,1-4H3. The van der Waals surface area contributed by atoms with Crippen LogP contribution in [0.2, 0.25) is 0 Å². The molecule has 1 aromatic carbocycles. The number of rotatable bonds is 8. The topological polar surface area (TPSA) is 72.9 Å². The summed E-state index contributed by atoms with van der Waals surface area (Å²) in [5.74, 6) is -0.00465. The van der Waals surface area contributed by atoms with E-state index in [0.717, 1.165) is 12.8 Å². The van der Waals surface area contributed by atoms with Gasteiger partial charge in [0.15, 0.2) is 0 Å². The molecule has 0 aliphatic heterocycles. The minimum Gasteiger partial charge on any atom is -0.497 e. The van der Waals surface area contributed by atoms with Gasteiger partial charge in [-0.3, -0.25) is 4.79 Å². The zero-order valence-electron chi connectivity index (χ0n) is 13.5. The molecule has 0 heterocycles. The summed E-state index contributed by atoms with van der Waals surface area (Å²) in [4.78, 5) is 11.6. The van der Waals surface area contributed by atoms with Gasteiger partial charge in [0.1, 0.15) is 5.75 Å². The van der Waals surface area contributed by atoms with E-state index >= 15 is 0 Å². The maximum absolute atomic E-state index is 12.7. The van der Waals surface area contributed by atoms with Crippen molar-refractivity contribution in [3.8, 4) is 5.75 Å². The van der Waals surface area contributed by atoms with Gasteiger partial charge in [0.25, 0.3) is 0 Å². The third-order valence-electron chi connectivity index (χ3n) is 3.34. The minimum absolute atomic E-state index is 0.109. The summed E-state index contributed by atoms with van der Waals surface area (Å²) in [5, 5.41) is 0. The lowest BCUT2D eigenvalue weighted by Crippen LogP contribution is -2.29. The van der Waals surface area contributed by atoms with Crippen LogP contribution in [0.3, 0.4) is 0 Å².